The zero-order chi connectivity index (χ0) is 42.9. The van der Waals surface area contributed by atoms with Gasteiger partial charge in [-0.05, 0) is 47.0 Å². The molecular weight excluding hydrogens is 748 g/mol. The molecule has 0 aliphatic rings. The molecule has 2 atom stereocenters. The summed E-state index contributed by atoms with van der Waals surface area (Å²) in [5.74, 6) is -1.40. The van der Waals surface area contributed by atoms with Gasteiger partial charge in [0.05, 0.1) is 150 Å². The van der Waals surface area contributed by atoms with Crippen LogP contribution in [-0.2, 0) is 71.2 Å². The van der Waals surface area contributed by atoms with Gasteiger partial charge in [-0.1, -0.05) is 6.92 Å². The van der Waals surface area contributed by atoms with E-state index in [0.29, 0.717) is 123 Å². The summed E-state index contributed by atoms with van der Waals surface area (Å²) in [5.41, 5.74) is 2.34. The maximum Gasteiger partial charge on any atom is 0.312 e. The highest BCUT2D eigenvalue weighted by Gasteiger charge is 2.50. The van der Waals surface area contributed by atoms with Crippen molar-refractivity contribution in [2.75, 3.05) is 173 Å². The van der Waals surface area contributed by atoms with Crippen LogP contribution in [0, 0.1) is 16.2 Å². The summed E-state index contributed by atoms with van der Waals surface area (Å²) in [6.45, 7) is 17.6. The van der Waals surface area contributed by atoms with E-state index in [9.17, 15) is 14.4 Å². The molecule has 2 N–H and O–H groups in total. The van der Waals surface area contributed by atoms with Gasteiger partial charge < -0.3 is 67.1 Å². The van der Waals surface area contributed by atoms with E-state index in [1.54, 1.807) is 34.8 Å². The molecule has 0 aromatic heterocycles. The average molecular weight is 828 g/mol. The summed E-state index contributed by atoms with van der Waals surface area (Å²) >= 11 is 0. The fraction of sp³-hybridized carbons (Fsp3) is 0.925. The van der Waals surface area contributed by atoms with Crippen LogP contribution >= 0.6 is 0 Å². The lowest BCUT2D eigenvalue weighted by atomic mass is 9.65. The highest BCUT2D eigenvalue weighted by Crippen LogP contribution is 2.45. The number of carbonyl (C=O) groups excluding carboxylic acids is 3. The van der Waals surface area contributed by atoms with Crippen LogP contribution < -0.4 is 5.73 Å². The molecule has 0 rings (SSSR count). The van der Waals surface area contributed by atoms with Crippen molar-refractivity contribution in [1.82, 2.24) is 0 Å². The quantitative estimate of drug-likeness (QED) is 0.0410. The minimum absolute atomic E-state index is 0.0277. The Bertz CT molecular complexity index is 1030. The van der Waals surface area contributed by atoms with Crippen molar-refractivity contribution in [2.24, 2.45) is 22.0 Å². The number of hydrogen-bond acceptors (Lipinski definition) is 16. The van der Waals surface area contributed by atoms with Gasteiger partial charge >= 0.3 is 17.9 Å². The van der Waals surface area contributed by atoms with E-state index >= 15 is 0 Å². The number of carbonyl (C=O) groups is 3. The molecular formula is C40H79N2O15+. The largest absolute Gasteiger partial charge is 0.464 e. The van der Waals surface area contributed by atoms with Gasteiger partial charge in [0, 0.05) is 13.7 Å². The second-order valence-electron chi connectivity index (χ2n) is 15.8. The van der Waals surface area contributed by atoms with Gasteiger partial charge in [0.1, 0.15) is 26.4 Å². The van der Waals surface area contributed by atoms with Crippen molar-refractivity contribution in [3.05, 3.63) is 0 Å². The molecule has 0 spiro atoms. The summed E-state index contributed by atoms with van der Waals surface area (Å²) < 4.78 is 65.9. The van der Waals surface area contributed by atoms with Crippen molar-refractivity contribution in [1.29, 1.82) is 0 Å². The predicted molar refractivity (Wildman–Crippen MR) is 213 cm³/mol. The maximum absolute atomic E-state index is 13.4. The molecule has 0 aromatic carbocycles. The summed E-state index contributed by atoms with van der Waals surface area (Å²) in [6.07, 6.45) is 0.647. The smallest absolute Gasteiger partial charge is 0.312 e. The van der Waals surface area contributed by atoms with Crippen LogP contribution in [0.1, 0.15) is 53.9 Å². The SMILES string of the molecule is CCC(C)(CC(C)(CC(C)(C)C(=O)OCCOCCOCCOCCOCCOCCOCCOCCOCCOC)C(=O)OCCN)C(=O)OCC[N+](C)(C)C. The van der Waals surface area contributed by atoms with Crippen LogP contribution in [0.15, 0.2) is 0 Å². The number of quaternary nitrogens is 1. The van der Waals surface area contributed by atoms with Crippen molar-refractivity contribution in [3.63, 3.8) is 0 Å². The number of rotatable bonds is 40. The van der Waals surface area contributed by atoms with Crippen LogP contribution in [0.25, 0.3) is 0 Å². The molecule has 0 saturated heterocycles. The van der Waals surface area contributed by atoms with Gasteiger partial charge in [-0.15, -0.1) is 0 Å². The van der Waals surface area contributed by atoms with Crippen LogP contribution in [-0.4, -0.2) is 196 Å². The summed E-state index contributed by atoms with van der Waals surface area (Å²) in [6, 6.07) is 0. The monoisotopic (exact) mass is 828 g/mol. The number of nitrogens with zero attached hydrogens (tertiary/aromatic N) is 1. The Balaban J connectivity index is 4.19. The van der Waals surface area contributed by atoms with Gasteiger partial charge in [0.25, 0.3) is 0 Å². The first-order valence-electron chi connectivity index (χ1n) is 20.2. The van der Waals surface area contributed by atoms with Crippen molar-refractivity contribution >= 4 is 17.9 Å². The Morgan fingerprint density at radius 1 is 0.456 bits per heavy atom. The third-order valence-corrected chi connectivity index (χ3v) is 8.77. The normalized spacial score (nSPS) is 14.2. The van der Waals surface area contributed by atoms with Crippen LogP contribution in [0.3, 0.4) is 0 Å². The number of hydrogen-bond donors (Lipinski definition) is 1. The lowest BCUT2D eigenvalue weighted by molar-refractivity contribution is -0.870. The van der Waals surface area contributed by atoms with E-state index in [2.05, 4.69) is 0 Å². The van der Waals surface area contributed by atoms with E-state index in [4.69, 9.17) is 62.6 Å². The number of ether oxygens (including phenoxy) is 12. The summed E-state index contributed by atoms with van der Waals surface area (Å²) in [7, 11) is 7.68. The fourth-order valence-corrected chi connectivity index (χ4v) is 5.54. The lowest BCUT2D eigenvalue weighted by Crippen LogP contribution is -2.45. The molecule has 0 aliphatic carbocycles. The van der Waals surface area contributed by atoms with Gasteiger partial charge in [0.2, 0.25) is 0 Å². The Labute approximate surface area is 342 Å². The Kier molecular flexibility index (Phi) is 31.6. The number of nitrogens with two attached hydrogens (primary N) is 1. The molecule has 338 valence electrons. The fourth-order valence-electron chi connectivity index (χ4n) is 5.54. The average Bonchev–Trinajstić information content (AvgIpc) is 3.15. The number of methoxy groups -OCH3 is 1. The van der Waals surface area contributed by atoms with E-state index in [-0.39, 0.29) is 51.8 Å². The molecule has 0 heterocycles. The van der Waals surface area contributed by atoms with Gasteiger partial charge in [-0.3, -0.25) is 14.4 Å². The number of esters is 3. The molecule has 2 unspecified atom stereocenters. The van der Waals surface area contributed by atoms with Crippen LogP contribution in [0.5, 0.6) is 0 Å². The molecule has 57 heavy (non-hydrogen) atoms. The predicted octanol–water partition coefficient (Wildman–Crippen LogP) is 2.29. The first-order valence-corrected chi connectivity index (χ1v) is 20.2. The van der Waals surface area contributed by atoms with Gasteiger partial charge in [-0.25, -0.2) is 0 Å². The Hall–Kier alpha value is -2.03. The first kappa shape index (κ1) is 55.0. The zero-order valence-electron chi connectivity index (χ0n) is 36.8. The number of likely N-dealkylation sites (N-methyl/N-ethyl adjacent to an activating group) is 1. The highest BCUT2D eigenvalue weighted by atomic mass is 16.6. The third kappa shape index (κ3) is 28.9. The van der Waals surface area contributed by atoms with Crippen LogP contribution in [0.2, 0.25) is 0 Å². The van der Waals surface area contributed by atoms with Gasteiger partial charge in [-0.2, -0.15) is 0 Å². The minimum atomic E-state index is -1.20. The summed E-state index contributed by atoms with van der Waals surface area (Å²) in [5, 5.41) is 0. The third-order valence-electron chi connectivity index (χ3n) is 8.77. The second kappa shape index (κ2) is 32.8. The molecule has 17 nitrogen and oxygen atoms in total. The lowest BCUT2D eigenvalue weighted by Gasteiger charge is -2.39. The molecule has 17 heteroatoms. The second-order valence-corrected chi connectivity index (χ2v) is 15.8. The first-order chi connectivity index (χ1) is 27.1. The molecule has 0 amide bonds. The molecule has 0 fully saturated rings. The minimum Gasteiger partial charge on any atom is -0.464 e. The van der Waals surface area contributed by atoms with Crippen LogP contribution in [0.4, 0.5) is 0 Å². The highest BCUT2D eigenvalue weighted by molar-refractivity contribution is 5.82. The van der Waals surface area contributed by atoms with E-state index in [1.807, 2.05) is 28.1 Å². The molecule has 0 aromatic rings. The Morgan fingerprint density at radius 3 is 1.14 bits per heavy atom. The van der Waals surface area contributed by atoms with E-state index in [1.165, 1.54) is 0 Å². The van der Waals surface area contributed by atoms with E-state index < -0.39 is 28.2 Å². The van der Waals surface area contributed by atoms with E-state index in [0.717, 1.165) is 0 Å². The van der Waals surface area contributed by atoms with Crippen molar-refractivity contribution in [3.8, 4) is 0 Å². The van der Waals surface area contributed by atoms with Gasteiger partial charge in [0.15, 0.2) is 0 Å². The molecule has 0 saturated carbocycles. The molecule has 0 aliphatic heterocycles. The van der Waals surface area contributed by atoms with Crippen molar-refractivity contribution in [2.45, 2.75) is 53.9 Å². The van der Waals surface area contributed by atoms with Crippen molar-refractivity contribution < 1.29 is 75.7 Å². The summed E-state index contributed by atoms with van der Waals surface area (Å²) in [4.78, 5) is 39.9. The standard InChI is InChI=1S/C40H79N2O15/c1-10-39(4,36(44)56-14-12-42(6,7)8)34-40(5,37(45)55-13-11-41)33-38(2,3)35(43)57-32-31-54-30-29-53-28-27-52-26-25-51-24-23-50-22-21-49-20-19-48-18-17-47-16-15-46-9/h10-34,41H2,1-9H3/q+1. The topological polar surface area (TPSA) is 188 Å². The Morgan fingerprint density at radius 2 is 0.789 bits per heavy atom. The molecule has 0 bridgehead atoms. The zero-order valence-corrected chi connectivity index (χ0v) is 36.8. The molecule has 0 radical (unpaired) electrons. The maximum atomic E-state index is 13.4.